The fourth-order valence-corrected chi connectivity index (χ4v) is 19.4. The molecule has 0 aromatic heterocycles. The van der Waals surface area contributed by atoms with Crippen molar-refractivity contribution in [2.24, 2.45) is 0 Å². The molecule has 0 radical (unpaired) electrons. The highest BCUT2D eigenvalue weighted by Crippen LogP contribution is 2.35. The Bertz CT molecular complexity index is 685. The summed E-state index contributed by atoms with van der Waals surface area (Å²) in [4.78, 5) is 18.9. The van der Waals surface area contributed by atoms with Crippen molar-refractivity contribution in [3.8, 4) is 0 Å². The zero-order chi connectivity index (χ0) is 19.4. The van der Waals surface area contributed by atoms with Crippen molar-refractivity contribution in [2.45, 2.75) is 13.3 Å². The molecule has 2 atom stereocenters. The third-order valence-electron chi connectivity index (χ3n) is 5.60. The summed E-state index contributed by atoms with van der Waals surface area (Å²) in [7, 11) is 3.04. The molecule has 27 heavy (non-hydrogen) atoms. The van der Waals surface area contributed by atoms with E-state index in [1.54, 1.807) is 0 Å². The molecular formula is C18H32N3O3Si3+3. The number of rotatable bonds is 7. The van der Waals surface area contributed by atoms with Gasteiger partial charge in [-0.05, 0) is 30.7 Å². The van der Waals surface area contributed by atoms with Gasteiger partial charge in [0.2, 0.25) is 0 Å². The van der Waals surface area contributed by atoms with Gasteiger partial charge in [0, 0.05) is 0 Å². The Balaban J connectivity index is 2.17. The lowest BCUT2D eigenvalue weighted by molar-refractivity contribution is -0.932. The molecule has 1 aliphatic heterocycles. The molecule has 2 aromatic carbocycles. The summed E-state index contributed by atoms with van der Waals surface area (Å²) in [5.41, 5.74) is 2.47. The van der Waals surface area contributed by atoms with Crippen LogP contribution in [0.2, 0.25) is 0 Å². The number of hydrogen-bond acceptors (Lipinski definition) is 3. The molecule has 0 amide bonds. The molecular weight excluding hydrogens is 390 g/mol. The monoisotopic (exact) mass is 422 g/mol. The zero-order valence-electron chi connectivity index (χ0n) is 16.9. The van der Waals surface area contributed by atoms with Crippen molar-refractivity contribution >= 4 is 40.9 Å². The van der Waals surface area contributed by atoms with Crippen LogP contribution >= 0.6 is 0 Å². The molecule has 1 heterocycles. The predicted octanol–water partition coefficient (Wildman–Crippen LogP) is 0.922. The summed E-state index contributed by atoms with van der Waals surface area (Å²) in [6.07, 6.45) is 1.09. The van der Waals surface area contributed by atoms with Crippen molar-refractivity contribution in [1.82, 2.24) is 7.95 Å². The maximum Gasteiger partial charge on any atom is 0.540 e. The molecule has 0 bridgehead atoms. The van der Waals surface area contributed by atoms with Gasteiger partial charge in [0.1, 0.15) is 11.4 Å². The van der Waals surface area contributed by atoms with Gasteiger partial charge in [-0.25, -0.2) is 18.5 Å². The minimum absolute atomic E-state index is 0.629. The fourth-order valence-electron chi connectivity index (χ4n) is 4.26. The number of nitrogens with zero attached hydrogens (tertiary/aromatic N) is 3. The van der Waals surface area contributed by atoms with Gasteiger partial charge in [-0.15, -0.1) is 0 Å². The lowest BCUT2D eigenvalue weighted by Gasteiger charge is -2.51. The SMILES string of the molecule is CCC[N+]1(OC)[SiH2][N+](OC)(c2ccccc2)[SiH2][N+](OC)(c2ccccc2)[SiH2]1. The summed E-state index contributed by atoms with van der Waals surface area (Å²) in [5, 5.41) is 0. The predicted molar refractivity (Wildman–Crippen MR) is 119 cm³/mol. The van der Waals surface area contributed by atoms with Gasteiger partial charge in [0.15, 0.2) is 0 Å². The minimum atomic E-state index is -0.911. The van der Waals surface area contributed by atoms with Crippen molar-refractivity contribution < 1.29 is 18.5 Å². The van der Waals surface area contributed by atoms with Gasteiger partial charge in [0.25, 0.3) is 0 Å². The molecule has 2 unspecified atom stereocenters. The van der Waals surface area contributed by atoms with E-state index in [0.29, 0.717) is 7.95 Å². The average molecular weight is 423 g/mol. The maximum atomic E-state index is 6.34. The first-order chi connectivity index (χ1) is 13.1. The van der Waals surface area contributed by atoms with E-state index in [2.05, 4.69) is 67.6 Å². The molecule has 1 fully saturated rings. The van der Waals surface area contributed by atoms with Gasteiger partial charge in [-0.3, -0.25) is 0 Å². The quantitative estimate of drug-likeness (QED) is 0.621. The van der Waals surface area contributed by atoms with E-state index >= 15 is 0 Å². The number of quaternary nitrogens is 3. The molecule has 0 aliphatic carbocycles. The van der Waals surface area contributed by atoms with E-state index < -0.39 is 29.5 Å². The Morgan fingerprint density at radius 2 is 1.11 bits per heavy atom. The van der Waals surface area contributed by atoms with E-state index in [0.717, 1.165) is 16.9 Å². The Labute approximate surface area is 169 Å². The van der Waals surface area contributed by atoms with E-state index in [4.69, 9.17) is 14.5 Å². The molecule has 1 saturated heterocycles. The number of hydroxylamine groups is 1. The molecule has 9 heteroatoms. The highest BCUT2D eigenvalue weighted by molar-refractivity contribution is 6.68. The molecule has 3 rings (SSSR count). The summed E-state index contributed by atoms with van der Waals surface area (Å²) in [6, 6.07) is 21.3. The van der Waals surface area contributed by atoms with E-state index in [9.17, 15) is 0 Å². The number of benzene rings is 2. The van der Waals surface area contributed by atoms with E-state index in [1.165, 1.54) is 11.4 Å². The van der Waals surface area contributed by atoms with Gasteiger partial charge in [-0.2, -0.15) is 7.95 Å². The third kappa shape index (κ3) is 3.88. The van der Waals surface area contributed by atoms with Crippen LogP contribution in [0.15, 0.2) is 60.7 Å². The first kappa shape index (κ1) is 20.6. The largest absolute Gasteiger partial charge is 0.540 e. The molecule has 0 N–H and O–H groups in total. The Hall–Kier alpha value is -1.15. The maximum absolute atomic E-state index is 6.34. The first-order valence-electron chi connectivity index (χ1n) is 9.46. The average Bonchev–Trinajstić information content (AvgIpc) is 2.74. The van der Waals surface area contributed by atoms with Crippen molar-refractivity contribution in [2.75, 3.05) is 27.9 Å². The van der Waals surface area contributed by atoms with Crippen LogP contribution < -0.4 is 7.95 Å². The highest BCUT2D eigenvalue weighted by Gasteiger charge is 2.64. The highest BCUT2D eigenvalue weighted by atomic mass is 28.4. The zero-order valence-corrected chi connectivity index (χ0v) is 21.1. The van der Waals surface area contributed by atoms with Crippen molar-refractivity contribution in [3.05, 3.63) is 60.7 Å². The van der Waals surface area contributed by atoms with Crippen molar-refractivity contribution in [3.63, 3.8) is 0 Å². The lowest BCUT2D eigenvalue weighted by Crippen LogP contribution is -2.85. The first-order valence-corrected chi connectivity index (χ1v) is 13.3. The Kier molecular flexibility index (Phi) is 6.46. The summed E-state index contributed by atoms with van der Waals surface area (Å²) >= 11 is 0. The van der Waals surface area contributed by atoms with Gasteiger partial charge in [0.05, 0.1) is 27.9 Å². The number of hydrogen-bond donors (Lipinski definition) is 0. The summed E-state index contributed by atoms with van der Waals surface area (Å²) in [5.74, 6) is 0. The second-order valence-electron chi connectivity index (χ2n) is 7.20. The van der Waals surface area contributed by atoms with Crippen LogP contribution in [0.3, 0.4) is 0 Å². The smallest absolute Gasteiger partial charge is 0.235 e. The molecule has 146 valence electrons. The van der Waals surface area contributed by atoms with Crippen LogP contribution in [0.1, 0.15) is 13.3 Å². The van der Waals surface area contributed by atoms with E-state index in [1.807, 2.05) is 21.3 Å². The Morgan fingerprint density at radius 1 is 0.667 bits per heavy atom. The second kappa shape index (κ2) is 8.47. The molecule has 2 aromatic rings. The van der Waals surface area contributed by atoms with Crippen LogP contribution in [0.5, 0.6) is 0 Å². The third-order valence-corrected chi connectivity index (χ3v) is 15.7. The van der Waals surface area contributed by atoms with Crippen LogP contribution in [-0.4, -0.2) is 61.4 Å². The lowest BCUT2D eigenvalue weighted by atomic mass is 10.3. The van der Waals surface area contributed by atoms with Crippen molar-refractivity contribution in [1.29, 1.82) is 0 Å². The van der Waals surface area contributed by atoms with Gasteiger partial charge >= 0.3 is 29.5 Å². The summed E-state index contributed by atoms with van der Waals surface area (Å²) < 4.78 is 2.02. The molecule has 6 nitrogen and oxygen atoms in total. The van der Waals surface area contributed by atoms with E-state index in [-0.39, 0.29) is 0 Å². The van der Waals surface area contributed by atoms with Crippen LogP contribution in [0.25, 0.3) is 0 Å². The topological polar surface area (TPSA) is 27.7 Å². The molecule has 0 spiro atoms. The molecule has 0 saturated carbocycles. The van der Waals surface area contributed by atoms with Crippen LogP contribution in [0.4, 0.5) is 11.4 Å². The van der Waals surface area contributed by atoms with Crippen LogP contribution in [0, 0.1) is 0 Å². The van der Waals surface area contributed by atoms with Crippen LogP contribution in [-0.2, 0) is 14.5 Å². The fraction of sp³-hybridized carbons (Fsp3) is 0.333. The van der Waals surface area contributed by atoms with Gasteiger partial charge < -0.3 is 0 Å². The Morgan fingerprint density at radius 3 is 1.44 bits per heavy atom. The van der Waals surface area contributed by atoms with Gasteiger partial charge in [-0.1, -0.05) is 43.3 Å². The standard InChI is InChI=1S/C18H32N3O3Si3/c1-5-16-19(22-2)25-20(23-3,17-12-8-6-9-13-17)27-21(24-4,26-19)18-14-10-7-11-15-18/h6-15H,5,16,25-27H2,1-4H3/q+3. The normalized spacial score (nSPS) is 33.6. The molecule has 1 aliphatic rings. The summed E-state index contributed by atoms with van der Waals surface area (Å²) in [6.45, 7) is 3.26. The minimum Gasteiger partial charge on any atom is -0.235 e. The second-order valence-corrected chi connectivity index (χ2v) is 17.1.